The minimum absolute atomic E-state index is 0.353. The molecule has 0 aliphatic rings. The van der Waals surface area contributed by atoms with Crippen molar-refractivity contribution in [2.75, 3.05) is 17.1 Å². The zero-order valence-corrected chi connectivity index (χ0v) is 10.7. The molecule has 0 heterocycles. The summed E-state index contributed by atoms with van der Waals surface area (Å²) in [7, 11) is -3.65. The Morgan fingerprint density at radius 2 is 2.17 bits per heavy atom. The van der Waals surface area contributed by atoms with Gasteiger partial charge in [0, 0.05) is 6.07 Å². The van der Waals surface area contributed by atoms with Crippen LogP contribution in [0.4, 0.5) is 5.69 Å². The van der Waals surface area contributed by atoms with Crippen LogP contribution in [0.3, 0.4) is 0 Å². The van der Waals surface area contributed by atoms with Crippen LogP contribution < -0.4 is 9.46 Å². The Hall–Kier alpha value is -1.76. The quantitative estimate of drug-likeness (QED) is 0.781. The van der Waals surface area contributed by atoms with E-state index in [9.17, 15) is 13.2 Å². The van der Waals surface area contributed by atoms with Gasteiger partial charge in [0.1, 0.15) is 5.75 Å². The van der Waals surface area contributed by atoms with Crippen LogP contribution in [0.2, 0.25) is 0 Å². The Morgan fingerprint density at radius 3 is 2.78 bits per heavy atom. The topological polar surface area (TPSA) is 92.7 Å². The van der Waals surface area contributed by atoms with Crippen molar-refractivity contribution in [3.05, 3.63) is 24.3 Å². The van der Waals surface area contributed by atoms with Crippen molar-refractivity contribution >= 4 is 21.7 Å². The number of carbonyl (C=O) groups is 1. The Kier molecular flexibility index (Phi) is 4.96. The molecule has 18 heavy (non-hydrogen) atoms. The Bertz CT molecular complexity index is 512. The van der Waals surface area contributed by atoms with Crippen LogP contribution in [0.25, 0.3) is 0 Å². The molecule has 100 valence electrons. The maximum Gasteiger partial charge on any atom is 0.304 e. The van der Waals surface area contributed by atoms with Crippen LogP contribution in [0.1, 0.15) is 13.3 Å². The molecule has 0 saturated heterocycles. The maximum absolute atomic E-state index is 11.6. The number of benzene rings is 1. The van der Waals surface area contributed by atoms with Gasteiger partial charge in [-0.25, -0.2) is 8.42 Å². The standard InChI is InChI=1S/C11H15NO5S/c1-2-17-10-5-3-4-9(8-10)12-18(15,16)7-6-11(13)14/h3-5,8,12H,2,6-7H2,1H3,(H,13,14). The monoisotopic (exact) mass is 273 g/mol. The van der Waals surface area contributed by atoms with Gasteiger partial charge < -0.3 is 9.84 Å². The SMILES string of the molecule is CCOc1cccc(NS(=O)(=O)CCC(=O)O)c1. The molecular weight excluding hydrogens is 258 g/mol. The summed E-state index contributed by atoms with van der Waals surface area (Å²) in [5.41, 5.74) is 0.353. The van der Waals surface area contributed by atoms with E-state index in [4.69, 9.17) is 9.84 Å². The van der Waals surface area contributed by atoms with E-state index in [0.717, 1.165) is 0 Å². The van der Waals surface area contributed by atoms with Crippen molar-refractivity contribution in [1.82, 2.24) is 0 Å². The summed E-state index contributed by atoms with van der Waals surface area (Å²) in [6.45, 7) is 2.30. The number of carboxylic acid groups (broad SMARTS) is 1. The summed E-state index contributed by atoms with van der Waals surface area (Å²) >= 11 is 0. The van der Waals surface area contributed by atoms with Crippen molar-refractivity contribution in [3.63, 3.8) is 0 Å². The minimum Gasteiger partial charge on any atom is -0.494 e. The lowest BCUT2D eigenvalue weighted by Crippen LogP contribution is -2.18. The number of carboxylic acids is 1. The van der Waals surface area contributed by atoms with Gasteiger partial charge in [-0.3, -0.25) is 9.52 Å². The maximum atomic E-state index is 11.6. The van der Waals surface area contributed by atoms with E-state index in [-0.39, 0.29) is 0 Å². The summed E-state index contributed by atoms with van der Waals surface area (Å²) in [6.07, 6.45) is -0.430. The molecule has 0 radical (unpaired) electrons. The summed E-state index contributed by atoms with van der Waals surface area (Å²) in [6, 6.07) is 6.47. The van der Waals surface area contributed by atoms with E-state index in [1.165, 1.54) is 0 Å². The highest BCUT2D eigenvalue weighted by Gasteiger charge is 2.13. The number of rotatable bonds is 7. The Morgan fingerprint density at radius 1 is 1.44 bits per heavy atom. The zero-order chi connectivity index (χ0) is 13.6. The predicted octanol–water partition coefficient (Wildman–Crippen LogP) is 1.30. The second-order valence-corrected chi connectivity index (χ2v) is 5.37. The lowest BCUT2D eigenvalue weighted by atomic mass is 10.3. The van der Waals surface area contributed by atoms with Gasteiger partial charge in [0.2, 0.25) is 10.0 Å². The molecule has 0 saturated carbocycles. The van der Waals surface area contributed by atoms with Crippen molar-refractivity contribution in [1.29, 1.82) is 0 Å². The molecule has 0 unspecified atom stereocenters. The number of sulfonamides is 1. The third kappa shape index (κ3) is 5.05. The lowest BCUT2D eigenvalue weighted by molar-refractivity contribution is -0.136. The zero-order valence-electron chi connectivity index (χ0n) is 9.92. The van der Waals surface area contributed by atoms with Crippen LogP contribution in [0.5, 0.6) is 5.75 Å². The first-order valence-corrected chi connectivity index (χ1v) is 7.03. The summed E-state index contributed by atoms with van der Waals surface area (Å²) in [5.74, 6) is -1.05. The van der Waals surface area contributed by atoms with Crippen LogP contribution in [-0.4, -0.2) is 31.9 Å². The first-order chi connectivity index (χ1) is 8.43. The highest BCUT2D eigenvalue weighted by molar-refractivity contribution is 7.92. The van der Waals surface area contributed by atoms with Gasteiger partial charge in [0.25, 0.3) is 0 Å². The lowest BCUT2D eigenvalue weighted by Gasteiger charge is -2.09. The Labute approximate surface area is 106 Å². The van der Waals surface area contributed by atoms with Crippen LogP contribution in [0, 0.1) is 0 Å². The molecule has 0 amide bonds. The van der Waals surface area contributed by atoms with Crippen molar-refractivity contribution < 1.29 is 23.1 Å². The molecule has 1 rings (SSSR count). The molecule has 7 heteroatoms. The van der Waals surface area contributed by atoms with Gasteiger partial charge in [0.05, 0.1) is 24.5 Å². The molecule has 0 bridgehead atoms. The molecule has 2 N–H and O–H groups in total. The van der Waals surface area contributed by atoms with Gasteiger partial charge in [0.15, 0.2) is 0 Å². The van der Waals surface area contributed by atoms with Gasteiger partial charge in [-0.2, -0.15) is 0 Å². The second-order valence-electron chi connectivity index (χ2n) is 3.53. The predicted molar refractivity (Wildman–Crippen MR) is 67.3 cm³/mol. The van der Waals surface area contributed by atoms with E-state index in [0.29, 0.717) is 18.0 Å². The molecule has 0 spiro atoms. The third-order valence-electron chi connectivity index (χ3n) is 2.00. The second kappa shape index (κ2) is 6.25. The molecular formula is C11H15NO5S. The smallest absolute Gasteiger partial charge is 0.304 e. The molecule has 0 aromatic heterocycles. The largest absolute Gasteiger partial charge is 0.494 e. The van der Waals surface area contributed by atoms with Gasteiger partial charge in [-0.1, -0.05) is 6.07 Å². The van der Waals surface area contributed by atoms with Gasteiger partial charge in [-0.05, 0) is 19.1 Å². The van der Waals surface area contributed by atoms with Crippen molar-refractivity contribution in [2.24, 2.45) is 0 Å². The molecule has 1 aromatic rings. The normalized spacial score (nSPS) is 10.9. The van der Waals surface area contributed by atoms with Crippen LogP contribution in [0.15, 0.2) is 24.3 Å². The van der Waals surface area contributed by atoms with E-state index in [2.05, 4.69) is 4.72 Å². The fourth-order valence-electron chi connectivity index (χ4n) is 1.27. The van der Waals surface area contributed by atoms with Gasteiger partial charge in [-0.15, -0.1) is 0 Å². The average Bonchev–Trinajstić information content (AvgIpc) is 2.27. The van der Waals surface area contributed by atoms with Gasteiger partial charge >= 0.3 is 5.97 Å². The number of anilines is 1. The number of ether oxygens (including phenoxy) is 1. The van der Waals surface area contributed by atoms with Crippen LogP contribution in [-0.2, 0) is 14.8 Å². The van der Waals surface area contributed by atoms with Crippen LogP contribution >= 0.6 is 0 Å². The highest BCUT2D eigenvalue weighted by Crippen LogP contribution is 2.18. The molecule has 6 nitrogen and oxygen atoms in total. The fourth-order valence-corrected chi connectivity index (χ4v) is 2.30. The average molecular weight is 273 g/mol. The minimum atomic E-state index is -3.65. The van der Waals surface area contributed by atoms with E-state index >= 15 is 0 Å². The number of aliphatic carboxylic acids is 1. The number of hydrogen-bond donors (Lipinski definition) is 2. The Balaban J connectivity index is 2.71. The first-order valence-electron chi connectivity index (χ1n) is 5.38. The molecule has 0 aliphatic carbocycles. The molecule has 1 aromatic carbocycles. The van der Waals surface area contributed by atoms with E-state index < -0.39 is 28.2 Å². The summed E-state index contributed by atoms with van der Waals surface area (Å²) in [5, 5.41) is 8.44. The van der Waals surface area contributed by atoms with Crippen molar-refractivity contribution in [2.45, 2.75) is 13.3 Å². The molecule has 0 aliphatic heterocycles. The van der Waals surface area contributed by atoms with E-state index in [1.807, 2.05) is 6.92 Å². The highest BCUT2D eigenvalue weighted by atomic mass is 32.2. The first kappa shape index (κ1) is 14.3. The fraction of sp³-hybridized carbons (Fsp3) is 0.364. The number of hydrogen-bond acceptors (Lipinski definition) is 4. The van der Waals surface area contributed by atoms with Crippen molar-refractivity contribution in [3.8, 4) is 5.75 Å². The molecule has 0 atom stereocenters. The summed E-state index contributed by atoms with van der Waals surface area (Å²) < 4.78 is 30.6. The van der Waals surface area contributed by atoms with E-state index in [1.54, 1.807) is 24.3 Å². The summed E-state index contributed by atoms with van der Waals surface area (Å²) in [4.78, 5) is 10.3. The molecule has 0 fully saturated rings. The third-order valence-corrected chi connectivity index (χ3v) is 3.29. The number of nitrogens with one attached hydrogen (secondary N) is 1.